The SMILES string of the molecule is CN(C)c1ccc(C(CCN)N(C)C2CCCCC2)cc1. The van der Waals surface area contributed by atoms with E-state index >= 15 is 0 Å². The molecule has 1 aliphatic carbocycles. The quantitative estimate of drug-likeness (QED) is 0.871. The third-order valence-electron chi connectivity index (χ3n) is 4.88. The van der Waals surface area contributed by atoms with Crippen molar-refractivity contribution in [2.45, 2.75) is 50.6 Å². The van der Waals surface area contributed by atoms with E-state index in [1.165, 1.54) is 43.4 Å². The van der Waals surface area contributed by atoms with Gasteiger partial charge in [0, 0.05) is 31.9 Å². The van der Waals surface area contributed by atoms with E-state index < -0.39 is 0 Å². The zero-order valence-electron chi connectivity index (χ0n) is 13.9. The first-order chi connectivity index (χ1) is 10.1. The highest BCUT2D eigenvalue weighted by molar-refractivity contribution is 5.46. The second kappa shape index (κ2) is 7.81. The molecule has 1 fully saturated rings. The number of hydrogen-bond acceptors (Lipinski definition) is 3. The maximum absolute atomic E-state index is 5.88. The van der Waals surface area contributed by atoms with Crippen molar-refractivity contribution in [3.8, 4) is 0 Å². The summed E-state index contributed by atoms with van der Waals surface area (Å²) in [5, 5.41) is 0. The summed E-state index contributed by atoms with van der Waals surface area (Å²) in [6.45, 7) is 0.747. The minimum Gasteiger partial charge on any atom is -0.378 e. The number of nitrogens with zero attached hydrogens (tertiary/aromatic N) is 2. The number of hydrogen-bond donors (Lipinski definition) is 1. The first-order valence-corrected chi connectivity index (χ1v) is 8.32. The maximum atomic E-state index is 5.88. The van der Waals surface area contributed by atoms with Crippen molar-refractivity contribution >= 4 is 5.69 Å². The van der Waals surface area contributed by atoms with E-state index in [0.29, 0.717) is 6.04 Å². The highest BCUT2D eigenvalue weighted by Gasteiger charge is 2.25. The molecule has 2 N–H and O–H groups in total. The van der Waals surface area contributed by atoms with E-state index in [0.717, 1.165) is 19.0 Å². The average molecular weight is 289 g/mol. The fourth-order valence-electron chi connectivity index (χ4n) is 3.50. The van der Waals surface area contributed by atoms with Gasteiger partial charge in [-0.25, -0.2) is 0 Å². The summed E-state index contributed by atoms with van der Waals surface area (Å²) in [5.41, 5.74) is 8.53. The number of anilines is 1. The van der Waals surface area contributed by atoms with Crippen LogP contribution in [0, 0.1) is 0 Å². The van der Waals surface area contributed by atoms with E-state index in [1.807, 2.05) is 0 Å². The molecule has 1 aromatic carbocycles. The van der Waals surface area contributed by atoms with Crippen LogP contribution >= 0.6 is 0 Å². The second-order valence-electron chi connectivity index (χ2n) is 6.54. The van der Waals surface area contributed by atoms with Crippen molar-refractivity contribution in [3.05, 3.63) is 29.8 Å². The van der Waals surface area contributed by atoms with E-state index in [-0.39, 0.29) is 0 Å². The average Bonchev–Trinajstić information content (AvgIpc) is 2.53. The van der Waals surface area contributed by atoms with Gasteiger partial charge < -0.3 is 10.6 Å². The smallest absolute Gasteiger partial charge is 0.0361 e. The lowest BCUT2D eigenvalue weighted by atomic mass is 9.91. The van der Waals surface area contributed by atoms with Gasteiger partial charge in [0.1, 0.15) is 0 Å². The summed E-state index contributed by atoms with van der Waals surface area (Å²) >= 11 is 0. The normalized spacial score (nSPS) is 18.0. The zero-order chi connectivity index (χ0) is 15.2. The molecule has 118 valence electrons. The Morgan fingerprint density at radius 2 is 1.67 bits per heavy atom. The van der Waals surface area contributed by atoms with E-state index in [4.69, 9.17) is 5.73 Å². The molecule has 0 bridgehead atoms. The van der Waals surface area contributed by atoms with Gasteiger partial charge in [0.25, 0.3) is 0 Å². The maximum Gasteiger partial charge on any atom is 0.0361 e. The fraction of sp³-hybridized carbons (Fsp3) is 0.667. The zero-order valence-corrected chi connectivity index (χ0v) is 13.9. The van der Waals surface area contributed by atoms with Gasteiger partial charge in [-0.05, 0) is 50.6 Å². The van der Waals surface area contributed by atoms with Crippen molar-refractivity contribution in [2.24, 2.45) is 5.73 Å². The van der Waals surface area contributed by atoms with Gasteiger partial charge in [0.2, 0.25) is 0 Å². The molecule has 0 radical (unpaired) electrons. The lowest BCUT2D eigenvalue weighted by molar-refractivity contribution is 0.132. The molecule has 3 nitrogen and oxygen atoms in total. The van der Waals surface area contributed by atoms with Gasteiger partial charge in [-0.1, -0.05) is 31.4 Å². The Morgan fingerprint density at radius 3 is 2.19 bits per heavy atom. The van der Waals surface area contributed by atoms with Crippen molar-refractivity contribution in [1.29, 1.82) is 0 Å². The molecule has 0 aromatic heterocycles. The predicted molar refractivity (Wildman–Crippen MR) is 91.8 cm³/mol. The van der Waals surface area contributed by atoms with Crippen molar-refractivity contribution in [3.63, 3.8) is 0 Å². The van der Waals surface area contributed by atoms with Crippen LogP contribution in [0.1, 0.15) is 50.1 Å². The first-order valence-electron chi connectivity index (χ1n) is 8.32. The van der Waals surface area contributed by atoms with Crippen LogP contribution < -0.4 is 10.6 Å². The van der Waals surface area contributed by atoms with Crippen LogP contribution in [0.5, 0.6) is 0 Å². The number of rotatable bonds is 6. The Balaban J connectivity index is 2.12. The standard InChI is InChI=1S/C18H31N3/c1-20(2)16-11-9-15(10-12-16)18(13-14-19)21(3)17-7-5-4-6-8-17/h9-12,17-18H,4-8,13-14,19H2,1-3H3. The molecule has 0 spiro atoms. The lowest BCUT2D eigenvalue weighted by Crippen LogP contribution is -2.37. The molecule has 1 unspecified atom stereocenters. The van der Waals surface area contributed by atoms with Crippen LogP contribution in [0.4, 0.5) is 5.69 Å². The number of benzene rings is 1. The van der Waals surface area contributed by atoms with Gasteiger partial charge >= 0.3 is 0 Å². The van der Waals surface area contributed by atoms with Gasteiger partial charge in [0.15, 0.2) is 0 Å². The van der Waals surface area contributed by atoms with Crippen LogP contribution in [-0.2, 0) is 0 Å². The first kappa shape index (κ1) is 16.3. The van der Waals surface area contributed by atoms with Crippen molar-refractivity contribution in [1.82, 2.24) is 4.90 Å². The molecule has 1 aliphatic rings. The van der Waals surface area contributed by atoms with E-state index in [2.05, 4.69) is 55.2 Å². The Morgan fingerprint density at radius 1 is 1.05 bits per heavy atom. The Kier molecular flexibility index (Phi) is 6.07. The van der Waals surface area contributed by atoms with E-state index in [9.17, 15) is 0 Å². The molecule has 1 aromatic rings. The predicted octanol–water partition coefficient (Wildman–Crippen LogP) is 3.41. The topological polar surface area (TPSA) is 32.5 Å². The third kappa shape index (κ3) is 4.21. The van der Waals surface area contributed by atoms with Crippen molar-refractivity contribution in [2.75, 3.05) is 32.6 Å². The minimum absolute atomic E-state index is 0.453. The van der Waals surface area contributed by atoms with Crippen molar-refractivity contribution < 1.29 is 0 Å². The van der Waals surface area contributed by atoms with Gasteiger partial charge in [-0.3, -0.25) is 4.90 Å². The van der Waals surface area contributed by atoms with Crippen LogP contribution in [0.25, 0.3) is 0 Å². The summed E-state index contributed by atoms with van der Waals surface area (Å²) in [6, 6.07) is 10.2. The van der Waals surface area contributed by atoms with Crippen LogP contribution in [-0.4, -0.2) is 38.6 Å². The molecule has 1 saturated carbocycles. The minimum atomic E-state index is 0.453. The molecule has 0 heterocycles. The fourth-order valence-corrected chi connectivity index (χ4v) is 3.50. The Hall–Kier alpha value is -1.06. The monoisotopic (exact) mass is 289 g/mol. The number of nitrogens with two attached hydrogens (primary N) is 1. The van der Waals surface area contributed by atoms with Crippen LogP contribution in [0.2, 0.25) is 0 Å². The molecule has 21 heavy (non-hydrogen) atoms. The molecular formula is C18H31N3. The molecule has 2 rings (SSSR count). The largest absolute Gasteiger partial charge is 0.378 e. The molecule has 3 heteroatoms. The van der Waals surface area contributed by atoms with Gasteiger partial charge in [-0.15, -0.1) is 0 Å². The molecular weight excluding hydrogens is 258 g/mol. The summed E-state index contributed by atoms with van der Waals surface area (Å²) in [6.07, 6.45) is 7.88. The molecule has 0 saturated heterocycles. The highest BCUT2D eigenvalue weighted by Crippen LogP contribution is 2.31. The van der Waals surface area contributed by atoms with E-state index in [1.54, 1.807) is 0 Å². The molecule has 1 atom stereocenters. The molecule has 0 aliphatic heterocycles. The summed E-state index contributed by atoms with van der Waals surface area (Å²) in [7, 11) is 6.46. The summed E-state index contributed by atoms with van der Waals surface area (Å²) in [4.78, 5) is 4.73. The summed E-state index contributed by atoms with van der Waals surface area (Å²) in [5.74, 6) is 0. The van der Waals surface area contributed by atoms with Crippen LogP contribution in [0.15, 0.2) is 24.3 Å². The van der Waals surface area contributed by atoms with Gasteiger partial charge in [-0.2, -0.15) is 0 Å². The highest BCUT2D eigenvalue weighted by atomic mass is 15.2. The Labute approximate surface area is 130 Å². The Bertz CT molecular complexity index is 407. The summed E-state index contributed by atoms with van der Waals surface area (Å²) < 4.78 is 0. The third-order valence-corrected chi connectivity index (χ3v) is 4.88. The second-order valence-corrected chi connectivity index (χ2v) is 6.54. The van der Waals surface area contributed by atoms with Crippen LogP contribution in [0.3, 0.4) is 0 Å². The lowest BCUT2D eigenvalue weighted by Gasteiger charge is -2.37. The van der Waals surface area contributed by atoms with Gasteiger partial charge in [0.05, 0.1) is 0 Å². The molecule has 0 amide bonds.